The van der Waals surface area contributed by atoms with Gasteiger partial charge in [-0.3, -0.25) is 14.6 Å². The summed E-state index contributed by atoms with van der Waals surface area (Å²) in [4.78, 5) is 28.1. The largest absolute Gasteiger partial charge is 0.348 e. The van der Waals surface area contributed by atoms with Gasteiger partial charge < -0.3 is 21.3 Å². The van der Waals surface area contributed by atoms with Gasteiger partial charge in [-0.25, -0.2) is 0 Å². The van der Waals surface area contributed by atoms with Crippen LogP contribution in [0.3, 0.4) is 0 Å². The summed E-state index contributed by atoms with van der Waals surface area (Å²) in [5.41, 5.74) is 2.41. The molecule has 2 unspecified atom stereocenters. The zero-order chi connectivity index (χ0) is 20.1. The van der Waals surface area contributed by atoms with Crippen molar-refractivity contribution in [3.05, 3.63) is 58.3 Å². The Balaban J connectivity index is 2.23. The van der Waals surface area contributed by atoms with Crippen LogP contribution in [-0.2, 0) is 9.59 Å². The fourth-order valence-corrected chi connectivity index (χ4v) is 3.21. The maximum absolute atomic E-state index is 12.8. The van der Waals surface area contributed by atoms with Crippen molar-refractivity contribution in [3.63, 3.8) is 0 Å². The zero-order valence-corrected chi connectivity index (χ0v) is 16.6. The second-order valence-electron chi connectivity index (χ2n) is 6.42. The van der Waals surface area contributed by atoms with Crippen LogP contribution >= 0.6 is 11.6 Å². The number of carbonyl (C=O) groups excluding carboxylic acids is 2. The maximum Gasteiger partial charge on any atom is 0.260 e. The molecule has 144 valence electrons. The van der Waals surface area contributed by atoms with Crippen LogP contribution in [0.5, 0.6) is 0 Å². The van der Waals surface area contributed by atoms with E-state index < -0.39 is 0 Å². The lowest BCUT2D eigenvalue weighted by atomic mass is 9.95. The van der Waals surface area contributed by atoms with Gasteiger partial charge in [-0.15, -0.1) is 0 Å². The zero-order valence-electron chi connectivity index (χ0n) is 15.8. The van der Waals surface area contributed by atoms with Crippen LogP contribution in [0, 0.1) is 5.92 Å². The molecule has 27 heavy (non-hydrogen) atoms. The Morgan fingerprint density at radius 1 is 1.33 bits per heavy atom. The second kappa shape index (κ2) is 8.73. The number of nitrogens with one attached hydrogen (secondary N) is 4. The van der Waals surface area contributed by atoms with Crippen molar-refractivity contribution in [1.29, 1.82) is 0 Å². The van der Waals surface area contributed by atoms with Crippen molar-refractivity contribution in [3.8, 4) is 0 Å². The molecular weight excluding hydrogens is 366 g/mol. The van der Waals surface area contributed by atoms with Gasteiger partial charge in [-0.2, -0.15) is 0 Å². The second-order valence-corrected chi connectivity index (χ2v) is 6.86. The summed E-state index contributed by atoms with van der Waals surface area (Å²) in [6.45, 7) is 9.10. The van der Waals surface area contributed by atoms with E-state index in [1.807, 2.05) is 26.0 Å². The molecule has 4 N–H and O–H groups in total. The van der Waals surface area contributed by atoms with E-state index >= 15 is 0 Å². The molecule has 8 heteroatoms. The molecule has 1 aliphatic carbocycles. The highest BCUT2D eigenvalue weighted by atomic mass is 35.5. The number of hydrogen-bond acceptors (Lipinski definition) is 5. The number of amides is 2. The molecule has 7 nitrogen and oxygen atoms in total. The number of halogens is 1. The van der Waals surface area contributed by atoms with Crippen LogP contribution in [0.1, 0.15) is 20.8 Å². The molecule has 2 aliphatic rings. The third kappa shape index (κ3) is 5.34. The van der Waals surface area contributed by atoms with Crippen molar-refractivity contribution in [2.45, 2.75) is 26.8 Å². The highest BCUT2D eigenvalue weighted by Gasteiger charge is 2.25. The molecule has 0 spiro atoms. The van der Waals surface area contributed by atoms with Crippen LogP contribution in [0.25, 0.3) is 0 Å². The minimum Gasteiger partial charge on any atom is -0.348 e. The molecule has 0 saturated carbocycles. The van der Waals surface area contributed by atoms with E-state index in [1.165, 1.54) is 13.1 Å². The van der Waals surface area contributed by atoms with E-state index in [4.69, 9.17) is 11.6 Å². The van der Waals surface area contributed by atoms with Gasteiger partial charge in [0.1, 0.15) is 5.82 Å². The van der Waals surface area contributed by atoms with Gasteiger partial charge in [-0.1, -0.05) is 31.2 Å². The molecular formula is C19H24ClN5O2. The Kier molecular flexibility index (Phi) is 6.63. The van der Waals surface area contributed by atoms with E-state index in [1.54, 1.807) is 13.1 Å². The first-order valence-corrected chi connectivity index (χ1v) is 8.84. The van der Waals surface area contributed by atoms with E-state index in [-0.39, 0.29) is 23.8 Å². The highest BCUT2D eigenvalue weighted by Crippen LogP contribution is 2.25. The number of nitrogens with zero attached hydrogens (tertiary/aromatic N) is 1. The SMILES string of the molecule is C=C1C=C(C)N/C(=C(\C=N/C)C(=O)NC2=CC(C)C(NC(C)=O)C(Cl)=C2)N1. The monoisotopic (exact) mass is 389 g/mol. The molecule has 1 heterocycles. The number of hydrogen-bond donors (Lipinski definition) is 4. The van der Waals surface area contributed by atoms with Crippen molar-refractivity contribution >= 4 is 29.6 Å². The molecule has 1 aliphatic heterocycles. The summed E-state index contributed by atoms with van der Waals surface area (Å²) >= 11 is 6.30. The average Bonchev–Trinajstić information content (AvgIpc) is 2.54. The lowest BCUT2D eigenvalue weighted by Gasteiger charge is -2.27. The predicted molar refractivity (Wildman–Crippen MR) is 108 cm³/mol. The first kappa shape index (κ1) is 20.5. The minimum absolute atomic E-state index is 0.0754. The molecule has 0 aromatic carbocycles. The Hall–Kier alpha value is -2.80. The van der Waals surface area contributed by atoms with Gasteiger partial charge in [0.2, 0.25) is 5.91 Å². The Labute approximate surface area is 164 Å². The number of aliphatic imine (C=N–C) groups is 1. The molecule has 0 radical (unpaired) electrons. The molecule has 2 amide bonds. The number of carbonyl (C=O) groups is 2. The Bertz CT molecular complexity index is 820. The third-order valence-corrected chi connectivity index (χ3v) is 4.29. The summed E-state index contributed by atoms with van der Waals surface area (Å²) in [5, 5.41) is 12.2. The van der Waals surface area contributed by atoms with Gasteiger partial charge >= 0.3 is 0 Å². The molecule has 0 bridgehead atoms. The fourth-order valence-electron chi connectivity index (χ4n) is 2.84. The van der Waals surface area contributed by atoms with Gasteiger partial charge in [0.05, 0.1) is 11.6 Å². The molecule has 2 atom stereocenters. The molecule has 0 fully saturated rings. The predicted octanol–water partition coefficient (Wildman–Crippen LogP) is 1.79. The number of rotatable bonds is 4. The summed E-state index contributed by atoms with van der Waals surface area (Å²) in [6.07, 6.45) is 6.78. The molecule has 0 aromatic rings. The van der Waals surface area contributed by atoms with Crippen molar-refractivity contribution in [2.75, 3.05) is 7.05 Å². The first-order valence-electron chi connectivity index (χ1n) is 8.46. The van der Waals surface area contributed by atoms with Crippen molar-refractivity contribution in [2.24, 2.45) is 10.9 Å². The van der Waals surface area contributed by atoms with Crippen LogP contribution in [0.4, 0.5) is 0 Å². The number of allylic oxidation sites excluding steroid dienone is 3. The van der Waals surface area contributed by atoms with Gasteiger partial charge in [0.15, 0.2) is 0 Å². The summed E-state index contributed by atoms with van der Waals surface area (Å²) in [6, 6.07) is -0.308. The normalized spacial score (nSPS) is 24.2. The lowest BCUT2D eigenvalue weighted by molar-refractivity contribution is -0.119. The quantitative estimate of drug-likeness (QED) is 0.435. The fraction of sp³-hybridized carbons (Fsp3) is 0.316. The van der Waals surface area contributed by atoms with Crippen LogP contribution in [0.2, 0.25) is 0 Å². The first-order chi connectivity index (χ1) is 12.7. The Morgan fingerprint density at radius 2 is 2.04 bits per heavy atom. The van der Waals surface area contributed by atoms with Crippen molar-refractivity contribution < 1.29 is 9.59 Å². The third-order valence-electron chi connectivity index (χ3n) is 3.95. The molecule has 0 aromatic heterocycles. The summed E-state index contributed by atoms with van der Waals surface area (Å²) in [5.74, 6) is -0.0916. The minimum atomic E-state index is -0.352. The summed E-state index contributed by atoms with van der Waals surface area (Å²) < 4.78 is 0. The lowest BCUT2D eigenvalue weighted by Crippen LogP contribution is -2.41. The standard InChI is InChI=1S/C19H24ClN5O2/c1-10-6-14(8-16(20)17(10)24-13(4)26)25-19(27)15(9-21-5)18-22-11(2)7-12(3)23-18/h6-10,17,22-23H,2H2,1,3-5H3,(H,24,26)(H,25,27)/b18-15+,21-9-. The van der Waals surface area contributed by atoms with Crippen LogP contribution in [-0.4, -0.2) is 31.1 Å². The van der Waals surface area contributed by atoms with Crippen LogP contribution in [0.15, 0.2) is 63.3 Å². The Morgan fingerprint density at radius 3 is 2.59 bits per heavy atom. The average molecular weight is 390 g/mol. The highest BCUT2D eigenvalue weighted by molar-refractivity contribution is 6.30. The molecule has 2 rings (SSSR count). The van der Waals surface area contributed by atoms with E-state index in [9.17, 15) is 9.59 Å². The van der Waals surface area contributed by atoms with Gasteiger partial charge in [0.25, 0.3) is 5.91 Å². The van der Waals surface area contributed by atoms with E-state index in [0.717, 1.165) is 5.70 Å². The maximum atomic E-state index is 12.8. The topological polar surface area (TPSA) is 94.6 Å². The van der Waals surface area contributed by atoms with Crippen molar-refractivity contribution in [1.82, 2.24) is 21.3 Å². The van der Waals surface area contributed by atoms with E-state index in [0.29, 0.717) is 27.8 Å². The summed E-state index contributed by atoms with van der Waals surface area (Å²) in [7, 11) is 1.59. The molecule has 0 saturated heterocycles. The van der Waals surface area contributed by atoms with Crippen LogP contribution < -0.4 is 21.3 Å². The van der Waals surface area contributed by atoms with Gasteiger partial charge in [-0.05, 0) is 19.1 Å². The smallest absolute Gasteiger partial charge is 0.260 e. The van der Waals surface area contributed by atoms with E-state index in [2.05, 4.69) is 32.8 Å². The van der Waals surface area contributed by atoms with Gasteiger partial charge in [0, 0.05) is 48.2 Å².